The Hall–Kier alpha value is -8.56. The third kappa shape index (κ3) is 20.5. The van der Waals surface area contributed by atoms with Gasteiger partial charge in [0.1, 0.15) is 66.1 Å². The van der Waals surface area contributed by atoms with Gasteiger partial charge in [0.2, 0.25) is 65.0 Å². The highest BCUT2D eigenvalue weighted by Crippen LogP contribution is 2.52. The fourth-order valence-electron chi connectivity index (χ4n) is 15.1. The Bertz CT molecular complexity index is 3520. The zero-order valence-electron chi connectivity index (χ0n) is 69.3. The van der Waals surface area contributed by atoms with Gasteiger partial charge < -0.3 is 84.4 Å². The average Bonchev–Trinajstić information content (AvgIpc) is 1.54. The smallest absolute Gasteiger partial charge is 0.308 e. The van der Waals surface area contributed by atoms with Gasteiger partial charge in [-0.2, -0.15) is 0 Å². The molecule has 1 aromatic rings. The summed E-state index contributed by atoms with van der Waals surface area (Å²) in [5, 5.41) is 53.5. The van der Waals surface area contributed by atoms with Crippen LogP contribution in [0.3, 0.4) is 0 Å². The number of carbonyl (C=O) groups is 14. The Labute approximate surface area is 642 Å². The molecule has 0 saturated carbocycles. The van der Waals surface area contributed by atoms with Crippen LogP contribution in [0, 0.1) is 41.4 Å². The summed E-state index contributed by atoms with van der Waals surface area (Å²) >= 11 is 0. The van der Waals surface area contributed by atoms with Gasteiger partial charge in [0.15, 0.2) is 6.17 Å². The fraction of sp³-hybridized carbons (Fsp3) is 0.737. The van der Waals surface area contributed by atoms with E-state index < -0.39 is 240 Å². The van der Waals surface area contributed by atoms with Crippen molar-refractivity contribution in [2.75, 3.05) is 81.6 Å². The van der Waals surface area contributed by atoms with Gasteiger partial charge in [-0.25, -0.2) is 5.06 Å². The van der Waals surface area contributed by atoms with Crippen LogP contribution in [-0.2, 0) is 82.2 Å². The van der Waals surface area contributed by atoms with E-state index in [-0.39, 0.29) is 17.7 Å². The van der Waals surface area contributed by atoms with Crippen LogP contribution in [0.1, 0.15) is 163 Å². The predicted molar refractivity (Wildman–Crippen MR) is 401 cm³/mol. The molecule has 2 saturated heterocycles. The van der Waals surface area contributed by atoms with E-state index in [0.29, 0.717) is 16.4 Å². The minimum atomic E-state index is -2.26. The van der Waals surface area contributed by atoms with E-state index in [4.69, 9.17) is 9.47 Å². The maximum absolute atomic E-state index is 15.6. The number of rotatable bonds is 15. The number of para-hydroxylation sites is 1. The van der Waals surface area contributed by atoms with Crippen LogP contribution in [0.25, 0.3) is 0 Å². The van der Waals surface area contributed by atoms with Gasteiger partial charge in [-0.05, 0) is 76.2 Å². The number of carbonyl (C=O) groups excluding carboxylic acids is 14. The van der Waals surface area contributed by atoms with E-state index in [1.165, 1.54) is 108 Å². The Morgan fingerprint density at radius 1 is 0.532 bits per heavy atom. The minimum Gasteiger partial charge on any atom is -0.462 e. The topological polar surface area (TPSA) is 398 Å². The van der Waals surface area contributed by atoms with Crippen molar-refractivity contribution in [1.82, 2.24) is 59.6 Å². The molecular weight excluding hydrogens is 1410 g/mol. The zero-order chi connectivity index (χ0) is 84.0. The number of fused-ring (bicyclic) bond motifs is 5. The van der Waals surface area contributed by atoms with Gasteiger partial charge in [-0.15, -0.1) is 0 Å². The van der Waals surface area contributed by atoms with Crippen molar-refractivity contribution in [2.24, 2.45) is 41.4 Å². The van der Waals surface area contributed by atoms with Crippen molar-refractivity contribution in [3.05, 3.63) is 29.8 Å². The first-order valence-corrected chi connectivity index (χ1v) is 37.4. The highest BCUT2D eigenvalue weighted by molar-refractivity contribution is 6.01. The maximum Gasteiger partial charge on any atom is 0.308 e. The lowest BCUT2D eigenvalue weighted by atomic mass is 9.90. The molecule has 0 aliphatic carbocycles. The molecule has 0 aromatic heterocycles. The molecule has 1 aromatic carbocycles. The number of ether oxygens (including phenoxy) is 2. The van der Waals surface area contributed by atoms with E-state index in [1.807, 2.05) is 0 Å². The summed E-state index contributed by atoms with van der Waals surface area (Å²) in [5.41, 5.74) is -5.64. The van der Waals surface area contributed by atoms with E-state index in [1.54, 1.807) is 95.2 Å². The molecule has 33 nitrogen and oxygen atoms in total. The number of amides is 12. The molecule has 614 valence electrons. The number of esters is 2. The van der Waals surface area contributed by atoms with Crippen LogP contribution in [-0.4, -0.2) is 313 Å². The molecule has 2 fully saturated rings. The van der Waals surface area contributed by atoms with Crippen molar-refractivity contribution < 1.29 is 97.1 Å². The average molecular weight is 1540 g/mol. The molecule has 3 aliphatic rings. The van der Waals surface area contributed by atoms with Gasteiger partial charge in [0, 0.05) is 88.3 Å². The van der Waals surface area contributed by atoms with Gasteiger partial charge in [0.25, 0.3) is 12.1 Å². The summed E-state index contributed by atoms with van der Waals surface area (Å²) in [6, 6.07) is -7.64. The van der Waals surface area contributed by atoms with E-state index in [9.17, 15) is 39.7 Å². The number of benzene rings is 1. The number of hydrogen-bond donors (Lipinski definition) is 6. The van der Waals surface area contributed by atoms with Gasteiger partial charge >= 0.3 is 11.9 Å². The van der Waals surface area contributed by atoms with Crippen molar-refractivity contribution in [3.8, 4) is 0 Å². The van der Waals surface area contributed by atoms with Crippen LogP contribution < -0.4 is 15.7 Å². The second kappa shape index (κ2) is 37.0. The van der Waals surface area contributed by atoms with Crippen LogP contribution in [0.2, 0.25) is 0 Å². The van der Waals surface area contributed by atoms with Crippen LogP contribution in [0.5, 0.6) is 0 Å². The number of anilines is 1. The van der Waals surface area contributed by atoms with Crippen LogP contribution in [0.15, 0.2) is 24.3 Å². The van der Waals surface area contributed by atoms with Gasteiger partial charge in [0.05, 0.1) is 36.4 Å². The SMILES string of the molecule is CCC(C)C1NC(=O)C(C(C)C)N(C)C(=O)C2CC3(O)c4ccccc4N(O)C3N2C(=O)CN(C)C(=O)C(C(C)CC)N(C)C(=O)C(C(C)C)NC(=O)C(OC(C)=O)N(C)C(=O)C(C(C)C(C)OC(=O)CC(C)(C)O)N(C)C(=O)C(C(C)(C)O)N(C)C(=O)CN(C)C(=O)C(C(C)C)N(C)C(=O)C(C(C)C)N(C)C1=O. The van der Waals surface area contributed by atoms with Crippen molar-refractivity contribution in [2.45, 2.75) is 247 Å². The molecule has 6 N–H and O–H groups in total. The zero-order valence-corrected chi connectivity index (χ0v) is 69.3. The second-order valence-corrected chi connectivity index (χ2v) is 32.8. The molecular formula is C76H125N13O20. The molecule has 109 heavy (non-hydrogen) atoms. The first-order chi connectivity index (χ1) is 50.0. The molecule has 0 spiro atoms. The standard InChI is InChI=1S/C76H125N13O20/c1-29-43(11)55-66(98)83(24)58(42(9)10)69(101)84(25)57(41(7)8)67(99)79(20)37-51(91)81(22)61(75(18,19)105)71(103)86(27)60(45(13)46(14)108-53(93)36-74(16,17)104)70(102)87(28)72(109-47(15)90)63(95)77-54(39(3)4)65(97)85(26)59(44(12)30-2)68(100)80(21)38-52(92)88-50(64(96)82(23)56(40(5)6)62(94)78-55)35-76(106)48-33-31-32-34-49(48)89(107)73(76)88/h31-34,39-46,50,54-61,72-73,104-107H,29-30,35-38H2,1-28H3,(H,77,95)(H,78,94). The Morgan fingerprint density at radius 3 is 1.46 bits per heavy atom. The maximum atomic E-state index is 15.6. The van der Waals surface area contributed by atoms with E-state index in [2.05, 4.69) is 10.6 Å². The fourth-order valence-corrected chi connectivity index (χ4v) is 15.1. The number of hydrogen-bond acceptors (Lipinski definition) is 21. The molecule has 0 bridgehead atoms. The molecule has 3 heterocycles. The minimum absolute atomic E-state index is 0.103. The van der Waals surface area contributed by atoms with Crippen molar-refractivity contribution >= 4 is 88.5 Å². The van der Waals surface area contributed by atoms with Crippen LogP contribution >= 0.6 is 0 Å². The summed E-state index contributed by atoms with van der Waals surface area (Å²) in [7, 11) is 11.2. The molecule has 33 heteroatoms. The lowest BCUT2D eigenvalue weighted by Crippen LogP contribution is -2.65. The molecule has 0 radical (unpaired) electrons. The monoisotopic (exact) mass is 1540 g/mol. The summed E-state index contributed by atoms with van der Waals surface area (Å²) in [4.78, 5) is 219. The lowest BCUT2D eigenvalue weighted by Gasteiger charge is -2.43. The number of nitrogens with zero attached hydrogens (tertiary/aromatic N) is 11. The van der Waals surface area contributed by atoms with E-state index in [0.717, 1.165) is 60.2 Å². The van der Waals surface area contributed by atoms with E-state index >= 15 is 47.9 Å². The Morgan fingerprint density at radius 2 is 0.972 bits per heavy atom. The normalized spacial score (nSPS) is 27.6. The first kappa shape index (κ1) is 92.8. The molecule has 3 aliphatic heterocycles. The Balaban J connectivity index is 2.06. The first-order valence-electron chi connectivity index (χ1n) is 37.4. The second-order valence-electron chi connectivity index (χ2n) is 32.8. The highest BCUT2D eigenvalue weighted by atomic mass is 16.6. The van der Waals surface area contributed by atoms with Crippen molar-refractivity contribution in [1.29, 1.82) is 0 Å². The number of hydroxylamine groups is 1. The third-order valence-electron chi connectivity index (χ3n) is 21.7. The summed E-state index contributed by atoms with van der Waals surface area (Å²) in [6.07, 6.45) is -5.78. The summed E-state index contributed by atoms with van der Waals surface area (Å²) < 4.78 is 11.3. The summed E-state index contributed by atoms with van der Waals surface area (Å²) in [5.74, 6) is -18.6. The lowest BCUT2D eigenvalue weighted by molar-refractivity contribution is -0.176. The largest absolute Gasteiger partial charge is 0.462 e. The quantitative estimate of drug-likeness (QED) is 0.135. The van der Waals surface area contributed by atoms with Gasteiger partial charge in [-0.1, -0.05) is 121 Å². The predicted octanol–water partition coefficient (Wildman–Crippen LogP) is 1.44. The molecule has 12 amide bonds. The Kier molecular flexibility index (Phi) is 31.5. The molecule has 16 atom stereocenters. The highest BCUT2D eigenvalue weighted by Gasteiger charge is 2.64. The molecule has 4 rings (SSSR count). The summed E-state index contributed by atoms with van der Waals surface area (Å²) in [6.45, 7) is 27.2. The molecule has 16 unspecified atom stereocenters. The van der Waals surface area contributed by atoms with Crippen molar-refractivity contribution in [3.63, 3.8) is 0 Å². The third-order valence-corrected chi connectivity index (χ3v) is 21.7. The number of aliphatic hydroxyl groups is 3. The number of likely N-dealkylation sites (N-methyl/N-ethyl adjacent to an activating group) is 9. The number of nitrogens with one attached hydrogen (secondary N) is 2. The van der Waals surface area contributed by atoms with Gasteiger partial charge in [-0.3, -0.25) is 72.3 Å². The van der Waals surface area contributed by atoms with Crippen LogP contribution in [0.4, 0.5) is 5.69 Å².